The normalized spacial score (nSPS) is 11.7. The molecule has 0 fully saturated rings. The topological polar surface area (TPSA) is 81.8 Å². The predicted molar refractivity (Wildman–Crippen MR) is 100 cm³/mol. The summed E-state index contributed by atoms with van der Waals surface area (Å²) in [6.45, 7) is 9.20. The quantitative estimate of drug-likeness (QED) is 0.782. The minimum atomic E-state index is -0.367. The van der Waals surface area contributed by atoms with Crippen molar-refractivity contribution in [1.82, 2.24) is 24.9 Å². The molecule has 136 valence electrons. The fourth-order valence-electron chi connectivity index (χ4n) is 2.94. The summed E-state index contributed by atoms with van der Waals surface area (Å²) in [5.41, 5.74) is 2.09. The van der Waals surface area contributed by atoms with Crippen molar-refractivity contribution in [3.8, 4) is 5.69 Å². The van der Waals surface area contributed by atoms with E-state index in [0.29, 0.717) is 16.6 Å². The molecule has 0 saturated carbocycles. The van der Waals surface area contributed by atoms with Crippen molar-refractivity contribution in [1.29, 1.82) is 0 Å². The molecule has 0 radical (unpaired) electrons. The van der Waals surface area contributed by atoms with E-state index in [9.17, 15) is 9.59 Å². The molecule has 0 unspecified atom stereocenters. The zero-order valence-corrected chi connectivity index (χ0v) is 15.7. The molecule has 0 saturated heterocycles. The van der Waals surface area contributed by atoms with E-state index in [2.05, 4.69) is 15.5 Å². The Morgan fingerprint density at radius 2 is 1.77 bits per heavy atom. The van der Waals surface area contributed by atoms with Gasteiger partial charge in [0.1, 0.15) is 12.1 Å². The number of nitrogens with one attached hydrogen (secondary N) is 1. The minimum absolute atomic E-state index is 0.122. The highest BCUT2D eigenvalue weighted by atomic mass is 16.2. The maximum Gasteiger partial charge on any atom is 0.278 e. The fraction of sp³-hybridized carbons (Fsp3) is 0.368. The number of benzene rings is 1. The Balaban J connectivity index is 2.09. The molecule has 26 heavy (non-hydrogen) atoms. The van der Waals surface area contributed by atoms with Crippen molar-refractivity contribution in [3.63, 3.8) is 0 Å². The molecule has 1 N–H and O–H groups in total. The van der Waals surface area contributed by atoms with Gasteiger partial charge in [-0.3, -0.25) is 9.59 Å². The average Bonchev–Trinajstić information content (AvgIpc) is 2.90. The lowest BCUT2D eigenvalue weighted by Gasteiger charge is -2.20. The number of carbonyl (C=O) groups is 1. The van der Waals surface area contributed by atoms with E-state index in [1.54, 1.807) is 11.6 Å². The highest BCUT2D eigenvalue weighted by Crippen LogP contribution is 2.19. The van der Waals surface area contributed by atoms with Crippen LogP contribution in [-0.2, 0) is 11.3 Å². The lowest BCUT2D eigenvalue weighted by molar-refractivity contribution is -0.123. The Morgan fingerprint density at radius 1 is 1.12 bits per heavy atom. The number of aromatic nitrogens is 4. The van der Waals surface area contributed by atoms with E-state index >= 15 is 0 Å². The van der Waals surface area contributed by atoms with Crippen molar-refractivity contribution in [2.24, 2.45) is 0 Å². The molecule has 2 heterocycles. The minimum Gasteiger partial charge on any atom is -0.350 e. The SMILES string of the molecule is Cc1nn(CC(=O)NC(C)(C)C)c(=O)c2c(C)n(-c3ccccc3)nc12. The van der Waals surface area contributed by atoms with Gasteiger partial charge in [-0.05, 0) is 46.8 Å². The summed E-state index contributed by atoms with van der Waals surface area (Å²) in [7, 11) is 0. The molecule has 3 rings (SSSR count). The zero-order chi connectivity index (χ0) is 19.1. The molecule has 0 bridgehead atoms. The van der Waals surface area contributed by atoms with Crippen LogP contribution in [-0.4, -0.2) is 31.0 Å². The largest absolute Gasteiger partial charge is 0.350 e. The highest BCUT2D eigenvalue weighted by molar-refractivity contribution is 5.83. The molecule has 0 aliphatic rings. The van der Waals surface area contributed by atoms with Crippen LogP contribution >= 0.6 is 0 Å². The molecule has 1 amide bonds. The van der Waals surface area contributed by atoms with E-state index in [4.69, 9.17) is 0 Å². The summed E-state index contributed by atoms with van der Waals surface area (Å²) in [5, 5.41) is 12.2. The van der Waals surface area contributed by atoms with E-state index < -0.39 is 0 Å². The highest BCUT2D eigenvalue weighted by Gasteiger charge is 2.20. The molecule has 0 atom stereocenters. The second kappa shape index (κ2) is 6.40. The van der Waals surface area contributed by atoms with E-state index in [1.807, 2.05) is 58.0 Å². The first-order valence-corrected chi connectivity index (χ1v) is 8.51. The second-order valence-corrected chi connectivity index (χ2v) is 7.40. The van der Waals surface area contributed by atoms with E-state index in [0.717, 1.165) is 11.4 Å². The second-order valence-electron chi connectivity index (χ2n) is 7.40. The Morgan fingerprint density at radius 3 is 2.38 bits per heavy atom. The fourth-order valence-corrected chi connectivity index (χ4v) is 2.94. The molecule has 0 aliphatic heterocycles. The number of hydrogen-bond donors (Lipinski definition) is 1. The molecular weight excluding hydrogens is 330 g/mol. The maximum atomic E-state index is 12.9. The van der Waals surface area contributed by atoms with Crippen LogP contribution in [0.5, 0.6) is 0 Å². The number of carbonyl (C=O) groups excluding carboxylic acids is 1. The number of rotatable bonds is 3. The first-order chi connectivity index (χ1) is 12.2. The number of nitrogens with zero attached hydrogens (tertiary/aromatic N) is 4. The lowest BCUT2D eigenvalue weighted by atomic mass is 10.1. The zero-order valence-electron chi connectivity index (χ0n) is 15.7. The Labute approximate surface area is 151 Å². The number of para-hydroxylation sites is 1. The van der Waals surface area contributed by atoms with Crippen LogP contribution in [0.2, 0.25) is 0 Å². The number of fused-ring (bicyclic) bond motifs is 1. The third-order valence-electron chi connectivity index (χ3n) is 3.99. The summed E-state index contributed by atoms with van der Waals surface area (Å²) >= 11 is 0. The van der Waals surface area contributed by atoms with Gasteiger partial charge in [-0.15, -0.1) is 0 Å². The molecule has 0 aliphatic carbocycles. The summed E-state index contributed by atoms with van der Waals surface area (Å²) in [6.07, 6.45) is 0. The van der Waals surface area contributed by atoms with Crippen LogP contribution in [0.3, 0.4) is 0 Å². The van der Waals surface area contributed by atoms with Crippen LogP contribution in [0, 0.1) is 13.8 Å². The Bertz CT molecular complexity index is 1030. The van der Waals surface area contributed by atoms with Crippen LogP contribution in [0.1, 0.15) is 32.2 Å². The summed E-state index contributed by atoms with van der Waals surface area (Å²) in [5.74, 6) is -0.251. The predicted octanol–water partition coefficient (Wildman–Crippen LogP) is 2.11. The van der Waals surface area contributed by atoms with Crippen LogP contribution < -0.4 is 10.9 Å². The first-order valence-electron chi connectivity index (χ1n) is 8.51. The van der Waals surface area contributed by atoms with Gasteiger partial charge >= 0.3 is 0 Å². The molecular formula is C19H23N5O2. The maximum absolute atomic E-state index is 12.9. The van der Waals surface area contributed by atoms with Gasteiger partial charge in [-0.2, -0.15) is 10.2 Å². The molecule has 7 heteroatoms. The molecule has 2 aromatic heterocycles. The average molecular weight is 353 g/mol. The van der Waals surface area contributed by atoms with Crippen LogP contribution in [0.4, 0.5) is 0 Å². The number of amides is 1. The molecule has 1 aromatic carbocycles. The van der Waals surface area contributed by atoms with E-state index in [-0.39, 0.29) is 23.6 Å². The van der Waals surface area contributed by atoms with Crippen molar-refractivity contribution in [2.75, 3.05) is 0 Å². The Kier molecular flexibility index (Phi) is 4.39. The standard InChI is InChI=1S/C19H23N5O2/c1-12-17-16(13(2)24(22-17)14-9-7-6-8-10-14)18(26)23(21-12)11-15(25)20-19(3,4)5/h6-10H,11H2,1-5H3,(H,20,25). The smallest absolute Gasteiger partial charge is 0.278 e. The first kappa shape index (κ1) is 17.8. The Hall–Kier alpha value is -2.96. The van der Waals surface area contributed by atoms with Crippen molar-refractivity contribution in [2.45, 2.75) is 46.7 Å². The van der Waals surface area contributed by atoms with Gasteiger partial charge in [0.15, 0.2) is 0 Å². The van der Waals surface area contributed by atoms with Gasteiger partial charge in [0.05, 0.1) is 22.5 Å². The van der Waals surface area contributed by atoms with Gasteiger partial charge in [-0.25, -0.2) is 9.36 Å². The molecule has 3 aromatic rings. The monoisotopic (exact) mass is 353 g/mol. The van der Waals surface area contributed by atoms with Crippen LogP contribution in [0.25, 0.3) is 16.6 Å². The van der Waals surface area contributed by atoms with E-state index in [1.165, 1.54) is 4.68 Å². The van der Waals surface area contributed by atoms with Gasteiger partial charge in [-0.1, -0.05) is 18.2 Å². The summed E-state index contributed by atoms with van der Waals surface area (Å²) in [4.78, 5) is 25.1. The lowest BCUT2D eigenvalue weighted by Crippen LogP contribution is -2.44. The molecule has 0 spiro atoms. The van der Waals surface area contributed by atoms with Crippen molar-refractivity contribution >= 4 is 16.8 Å². The van der Waals surface area contributed by atoms with Gasteiger partial charge in [0.25, 0.3) is 5.56 Å². The number of aryl methyl sites for hydroxylation is 2. The van der Waals surface area contributed by atoms with Crippen LogP contribution in [0.15, 0.2) is 35.1 Å². The third kappa shape index (κ3) is 3.37. The number of hydrogen-bond acceptors (Lipinski definition) is 4. The molecule has 7 nitrogen and oxygen atoms in total. The third-order valence-corrected chi connectivity index (χ3v) is 3.99. The summed E-state index contributed by atoms with van der Waals surface area (Å²) in [6, 6.07) is 9.62. The van der Waals surface area contributed by atoms with Gasteiger partial charge in [0.2, 0.25) is 5.91 Å². The van der Waals surface area contributed by atoms with Crippen molar-refractivity contribution < 1.29 is 4.79 Å². The summed E-state index contributed by atoms with van der Waals surface area (Å²) < 4.78 is 2.95. The van der Waals surface area contributed by atoms with Gasteiger partial charge < -0.3 is 5.32 Å². The van der Waals surface area contributed by atoms with Gasteiger partial charge in [0, 0.05) is 5.54 Å². The van der Waals surface area contributed by atoms with Crippen molar-refractivity contribution in [3.05, 3.63) is 52.1 Å².